The zero-order chi connectivity index (χ0) is 21.0. The lowest BCUT2D eigenvalue weighted by Gasteiger charge is -2.15. The van der Waals surface area contributed by atoms with Crippen molar-refractivity contribution in [3.05, 3.63) is 59.7 Å². The summed E-state index contributed by atoms with van der Waals surface area (Å²) in [6.45, 7) is -0.624. The Morgan fingerprint density at radius 2 is 1.55 bits per heavy atom. The Morgan fingerprint density at radius 1 is 1.00 bits per heavy atom. The van der Waals surface area contributed by atoms with Gasteiger partial charge in [0.05, 0.1) is 6.04 Å². The molecule has 1 atom stereocenters. The number of rotatable bonds is 8. The molecule has 0 saturated heterocycles. The van der Waals surface area contributed by atoms with Crippen molar-refractivity contribution in [1.82, 2.24) is 5.32 Å². The first kappa shape index (κ1) is 20.2. The molecule has 2 aromatic rings. The fourth-order valence-electron chi connectivity index (χ4n) is 3.36. The summed E-state index contributed by atoms with van der Waals surface area (Å²) in [6.07, 6.45) is -0.504. The first-order chi connectivity index (χ1) is 13.9. The number of carboxylic acids is 1. The lowest BCUT2D eigenvalue weighted by Crippen LogP contribution is -2.42. The number of carbonyl (C=O) groups is 4. The number of fused-ring (bicyclic) bond motifs is 3. The van der Waals surface area contributed by atoms with E-state index in [4.69, 9.17) is 15.6 Å². The van der Waals surface area contributed by atoms with E-state index < -0.39 is 42.6 Å². The van der Waals surface area contributed by atoms with E-state index in [1.807, 2.05) is 48.5 Å². The van der Waals surface area contributed by atoms with Crippen LogP contribution in [0.2, 0.25) is 0 Å². The molecule has 1 amide bonds. The van der Waals surface area contributed by atoms with Crippen LogP contribution in [0.25, 0.3) is 11.1 Å². The summed E-state index contributed by atoms with van der Waals surface area (Å²) in [7, 11) is 0. The van der Waals surface area contributed by atoms with Gasteiger partial charge in [-0.05, 0) is 22.3 Å². The predicted octanol–water partition coefficient (Wildman–Crippen LogP) is 0.829. The molecule has 0 spiro atoms. The number of aliphatic carboxylic acids is 1. The van der Waals surface area contributed by atoms with Gasteiger partial charge in [-0.1, -0.05) is 48.5 Å². The molecular formula is C21H20N2O6. The van der Waals surface area contributed by atoms with Crippen molar-refractivity contribution in [2.45, 2.75) is 18.4 Å². The summed E-state index contributed by atoms with van der Waals surface area (Å²) in [5.41, 5.74) is 9.73. The van der Waals surface area contributed by atoms with Gasteiger partial charge in [-0.3, -0.25) is 14.4 Å². The third kappa shape index (κ3) is 4.49. The minimum absolute atomic E-state index is 0.0312. The van der Waals surface area contributed by atoms with Crippen molar-refractivity contribution in [1.29, 1.82) is 0 Å². The molecule has 0 unspecified atom stereocenters. The van der Waals surface area contributed by atoms with Crippen molar-refractivity contribution in [3.8, 4) is 11.1 Å². The Labute approximate surface area is 166 Å². The van der Waals surface area contributed by atoms with E-state index in [2.05, 4.69) is 5.32 Å². The average molecular weight is 396 g/mol. The van der Waals surface area contributed by atoms with E-state index in [1.165, 1.54) is 0 Å². The van der Waals surface area contributed by atoms with Crippen LogP contribution in [0.3, 0.4) is 0 Å². The third-order valence-electron chi connectivity index (χ3n) is 4.72. The van der Waals surface area contributed by atoms with Crippen molar-refractivity contribution in [2.24, 2.45) is 5.73 Å². The summed E-state index contributed by atoms with van der Waals surface area (Å²) < 4.78 is 5.21. The zero-order valence-electron chi connectivity index (χ0n) is 15.5. The van der Waals surface area contributed by atoms with Gasteiger partial charge in [0.15, 0.2) is 0 Å². The molecule has 0 aliphatic heterocycles. The molecule has 29 heavy (non-hydrogen) atoms. The number of carboxylic acid groups (broad SMARTS) is 1. The smallest absolute Gasteiger partial charge is 0.376 e. The highest BCUT2D eigenvalue weighted by atomic mass is 16.5. The largest absolute Gasteiger partial charge is 0.480 e. The number of amides is 1. The second-order valence-electron chi connectivity index (χ2n) is 6.67. The Kier molecular flexibility index (Phi) is 6.04. The number of nitrogens with two attached hydrogens (primary N) is 1. The van der Waals surface area contributed by atoms with Gasteiger partial charge in [-0.15, -0.1) is 0 Å². The van der Waals surface area contributed by atoms with Crippen LogP contribution < -0.4 is 11.1 Å². The number of esters is 1. The minimum atomic E-state index is -1.40. The van der Waals surface area contributed by atoms with E-state index >= 15 is 0 Å². The van der Waals surface area contributed by atoms with Crippen LogP contribution in [-0.4, -0.2) is 47.9 Å². The quantitative estimate of drug-likeness (QED) is 0.444. The van der Waals surface area contributed by atoms with Crippen LogP contribution in [0.5, 0.6) is 0 Å². The third-order valence-corrected chi connectivity index (χ3v) is 4.72. The topological polar surface area (TPSA) is 136 Å². The van der Waals surface area contributed by atoms with Gasteiger partial charge in [-0.25, -0.2) is 4.79 Å². The van der Waals surface area contributed by atoms with E-state index in [1.54, 1.807) is 0 Å². The van der Waals surface area contributed by atoms with Crippen molar-refractivity contribution in [2.75, 3.05) is 13.2 Å². The monoisotopic (exact) mass is 396 g/mol. The highest BCUT2D eigenvalue weighted by Gasteiger charge is 2.31. The molecule has 150 valence electrons. The maximum atomic E-state index is 12.1. The molecule has 0 aromatic heterocycles. The molecule has 3 rings (SSSR count). The molecule has 0 saturated carbocycles. The lowest BCUT2D eigenvalue weighted by atomic mass is 9.98. The van der Waals surface area contributed by atoms with Crippen LogP contribution in [0.15, 0.2) is 48.5 Å². The molecule has 0 fully saturated rings. The maximum absolute atomic E-state index is 12.1. The summed E-state index contributed by atoms with van der Waals surface area (Å²) >= 11 is 0. The molecule has 0 bridgehead atoms. The van der Waals surface area contributed by atoms with Crippen LogP contribution in [0.1, 0.15) is 23.5 Å². The second-order valence-corrected chi connectivity index (χ2v) is 6.67. The summed E-state index contributed by atoms with van der Waals surface area (Å²) in [5.74, 6) is -4.32. The predicted molar refractivity (Wildman–Crippen MR) is 103 cm³/mol. The highest BCUT2D eigenvalue weighted by Crippen LogP contribution is 2.44. The summed E-state index contributed by atoms with van der Waals surface area (Å²) in [4.78, 5) is 46.3. The van der Waals surface area contributed by atoms with Crippen LogP contribution >= 0.6 is 0 Å². The molecule has 1 aliphatic rings. The Balaban J connectivity index is 1.61. The van der Waals surface area contributed by atoms with E-state index in [9.17, 15) is 19.2 Å². The zero-order valence-corrected chi connectivity index (χ0v) is 15.5. The first-order valence-electron chi connectivity index (χ1n) is 9.01. The highest BCUT2D eigenvalue weighted by molar-refractivity contribution is 6.36. The Morgan fingerprint density at radius 3 is 2.10 bits per heavy atom. The number of ether oxygens (including phenoxy) is 1. The molecule has 8 nitrogen and oxygen atoms in total. The van der Waals surface area contributed by atoms with Gasteiger partial charge in [0.25, 0.3) is 5.78 Å². The SMILES string of the molecule is N[C@@H](CC(=O)NCC(=O)O)C(=O)C(=O)OCC1c2ccccc2-c2ccccc21. The average Bonchev–Trinajstić information content (AvgIpc) is 3.03. The Bertz CT molecular complexity index is 926. The van der Waals surface area contributed by atoms with Gasteiger partial charge >= 0.3 is 11.9 Å². The van der Waals surface area contributed by atoms with Gasteiger partial charge < -0.3 is 20.9 Å². The number of carbonyl (C=O) groups excluding carboxylic acids is 3. The fourth-order valence-corrected chi connectivity index (χ4v) is 3.36. The number of benzene rings is 2. The van der Waals surface area contributed by atoms with Crippen molar-refractivity contribution in [3.63, 3.8) is 0 Å². The minimum Gasteiger partial charge on any atom is -0.480 e. The number of nitrogens with one attached hydrogen (secondary N) is 1. The second kappa shape index (κ2) is 8.66. The molecule has 8 heteroatoms. The summed E-state index contributed by atoms with van der Waals surface area (Å²) in [6, 6.07) is 14.2. The molecule has 1 aliphatic carbocycles. The number of hydrogen-bond donors (Lipinski definition) is 3. The van der Waals surface area contributed by atoms with Gasteiger partial charge in [0, 0.05) is 12.3 Å². The Hall–Kier alpha value is -3.52. The van der Waals surface area contributed by atoms with E-state index in [-0.39, 0.29) is 12.5 Å². The normalized spacial score (nSPS) is 13.1. The fraction of sp³-hybridized carbons (Fsp3) is 0.238. The maximum Gasteiger partial charge on any atom is 0.376 e. The lowest BCUT2D eigenvalue weighted by molar-refractivity contribution is -0.154. The van der Waals surface area contributed by atoms with E-state index in [0.29, 0.717) is 0 Å². The van der Waals surface area contributed by atoms with Gasteiger partial charge in [0.1, 0.15) is 13.2 Å². The van der Waals surface area contributed by atoms with E-state index in [0.717, 1.165) is 22.3 Å². The molecular weight excluding hydrogens is 376 g/mol. The number of ketones is 1. The number of Topliss-reactive ketones (excluding diaryl/α,β-unsaturated/α-hetero) is 1. The van der Waals surface area contributed by atoms with Gasteiger partial charge in [0.2, 0.25) is 5.91 Å². The van der Waals surface area contributed by atoms with Crippen molar-refractivity contribution >= 4 is 23.6 Å². The summed E-state index contributed by atoms with van der Waals surface area (Å²) in [5, 5.41) is 10.6. The van der Waals surface area contributed by atoms with Crippen LogP contribution in [0.4, 0.5) is 0 Å². The molecule has 0 heterocycles. The van der Waals surface area contributed by atoms with Gasteiger partial charge in [-0.2, -0.15) is 0 Å². The number of hydrogen-bond acceptors (Lipinski definition) is 6. The van der Waals surface area contributed by atoms with Crippen molar-refractivity contribution < 1.29 is 29.0 Å². The standard InChI is InChI=1S/C21H20N2O6/c22-17(9-18(24)23-10-19(25)26)20(27)21(28)29-11-16-14-7-3-1-5-12(14)13-6-2-4-8-15(13)16/h1-8,16-17H,9-11,22H2,(H,23,24)(H,25,26)/t17-/m0/s1. The first-order valence-corrected chi connectivity index (χ1v) is 9.01. The van der Waals surface area contributed by atoms with Crippen LogP contribution in [-0.2, 0) is 23.9 Å². The molecule has 2 aromatic carbocycles. The molecule has 4 N–H and O–H groups in total. The van der Waals surface area contributed by atoms with Crippen LogP contribution in [0, 0.1) is 0 Å². The molecule has 0 radical (unpaired) electrons.